The molecular formula is C12H18F2N4O2S. The van der Waals surface area contributed by atoms with Gasteiger partial charge in [-0.3, -0.25) is 4.68 Å². The van der Waals surface area contributed by atoms with Crippen LogP contribution in [-0.2, 0) is 16.6 Å². The molecule has 1 saturated heterocycles. The van der Waals surface area contributed by atoms with Crippen molar-refractivity contribution >= 4 is 10.0 Å². The predicted molar refractivity (Wildman–Crippen MR) is 71.2 cm³/mol. The molecule has 118 valence electrons. The first-order valence-electron chi connectivity index (χ1n) is 6.94. The minimum Gasteiger partial charge on any atom is -0.327 e. The molecule has 3 unspecified atom stereocenters. The summed E-state index contributed by atoms with van der Waals surface area (Å²) in [6, 6.07) is 0.0526. The Balaban J connectivity index is 1.77. The van der Waals surface area contributed by atoms with Crippen molar-refractivity contribution in [2.75, 3.05) is 13.1 Å². The average Bonchev–Trinajstić information content (AvgIpc) is 3.06. The fourth-order valence-electron chi connectivity index (χ4n) is 3.33. The molecule has 1 aromatic heterocycles. The molecule has 1 aliphatic carbocycles. The number of aromatic nitrogens is 2. The lowest BCUT2D eigenvalue weighted by molar-refractivity contribution is 0.121. The molecule has 3 rings (SSSR count). The van der Waals surface area contributed by atoms with E-state index in [9.17, 15) is 17.2 Å². The van der Waals surface area contributed by atoms with Crippen molar-refractivity contribution in [1.82, 2.24) is 14.1 Å². The van der Waals surface area contributed by atoms with Crippen molar-refractivity contribution in [3.8, 4) is 0 Å². The molecule has 0 spiro atoms. The van der Waals surface area contributed by atoms with E-state index < -0.39 is 23.0 Å². The summed E-state index contributed by atoms with van der Waals surface area (Å²) in [5.74, 6) is 0.516. The number of nitrogens with zero attached hydrogens (tertiary/aromatic N) is 3. The SMILES string of the molecule is NC1CCC2CN(S(=O)(=O)c3cnn(CC(F)F)c3)CC12. The summed E-state index contributed by atoms with van der Waals surface area (Å²) in [4.78, 5) is -0.0308. The van der Waals surface area contributed by atoms with Crippen LogP contribution in [0.5, 0.6) is 0 Å². The number of rotatable bonds is 4. The summed E-state index contributed by atoms with van der Waals surface area (Å²) in [6.45, 7) is 0.264. The highest BCUT2D eigenvalue weighted by atomic mass is 32.2. The number of hydrogen-bond acceptors (Lipinski definition) is 4. The van der Waals surface area contributed by atoms with Gasteiger partial charge in [0, 0.05) is 25.3 Å². The number of halogens is 2. The molecule has 21 heavy (non-hydrogen) atoms. The Bertz CT molecular complexity index is 619. The van der Waals surface area contributed by atoms with Crippen molar-refractivity contribution in [2.24, 2.45) is 17.6 Å². The number of fused-ring (bicyclic) bond motifs is 1. The van der Waals surface area contributed by atoms with Gasteiger partial charge in [-0.2, -0.15) is 9.40 Å². The quantitative estimate of drug-likeness (QED) is 0.876. The van der Waals surface area contributed by atoms with Crippen LogP contribution in [0.3, 0.4) is 0 Å². The van der Waals surface area contributed by atoms with Crippen molar-refractivity contribution in [3.63, 3.8) is 0 Å². The van der Waals surface area contributed by atoms with E-state index >= 15 is 0 Å². The summed E-state index contributed by atoms with van der Waals surface area (Å²) >= 11 is 0. The zero-order valence-corrected chi connectivity index (χ0v) is 12.2. The van der Waals surface area contributed by atoms with E-state index in [1.54, 1.807) is 0 Å². The van der Waals surface area contributed by atoms with E-state index in [0.29, 0.717) is 19.0 Å². The van der Waals surface area contributed by atoms with Crippen LogP contribution in [0, 0.1) is 11.8 Å². The van der Waals surface area contributed by atoms with Crippen molar-refractivity contribution in [3.05, 3.63) is 12.4 Å². The Morgan fingerprint density at radius 1 is 1.38 bits per heavy atom. The Morgan fingerprint density at radius 3 is 2.81 bits per heavy atom. The lowest BCUT2D eigenvalue weighted by Crippen LogP contribution is -2.33. The van der Waals surface area contributed by atoms with E-state index in [1.807, 2.05) is 0 Å². The molecule has 6 nitrogen and oxygen atoms in total. The second kappa shape index (κ2) is 5.29. The van der Waals surface area contributed by atoms with Crippen molar-refractivity contribution in [1.29, 1.82) is 0 Å². The first-order chi connectivity index (χ1) is 9.88. The number of nitrogens with two attached hydrogens (primary N) is 1. The summed E-state index contributed by atoms with van der Waals surface area (Å²) in [7, 11) is -3.67. The van der Waals surface area contributed by atoms with Gasteiger partial charge in [-0.15, -0.1) is 0 Å². The van der Waals surface area contributed by atoms with Crippen LogP contribution >= 0.6 is 0 Å². The molecule has 1 aliphatic heterocycles. The van der Waals surface area contributed by atoms with Gasteiger partial charge in [0.1, 0.15) is 11.4 Å². The summed E-state index contributed by atoms with van der Waals surface area (Å²) in [6.07, 6.45) is 1.61. The summed E-state index contributed by atoms with van der Waals surface area (Å²) < 4.78 is 52.0. The smallest absolute Gasteiger partial charge is 0.257 e. The van der Waals surface area contributed by atoms with Crippen LogP contribution in [-0.4, -0.2) is 48.1 Å². The minimum absolute atomic E-state index is 0.0308. The largest absolute Gasteiger partial charge is 0.327 e. The van der Waals surface area contributed by atoms with Gasteiger partial charge >= 0.3 is 0 Å². The highest BCUT2D eigenvalue weighted by molar-refractivity contribution is 7.89. The van der Waals surface area contributed by atoms with Gasteiger partial charge in [0.15, 0.2) is 0 Å². The van der Waals surface area contributed by atoms with E-state index in [0.717, 1.165) is 29.9 Å². The Hall–Kier alpha value is -1.06. The van der Waals surface area contributed by atoms with Gasteiger partial charge in [-0.25, -0.2) is 17.2 Å². The maximum absolute atomic E-state index is 12.5. The Morgan fingerprint density at radius 2 is 2.14 bits per heavy atom. The molecule has 2 fully saturated rings. The van der Waals surface area contributed by atoms with Gasteiger partial charge in [-0.1, -0.05) is 0 Å². The van der Waals surface area contributed by atoms with Crippen LogP contribution in [0.2, 0.25) is 0 Å². The van der Waals surface area contributed by atoms with Crippen molar-refractivity contribution in [2.45, 2.75) is 36.7 Å². The van der Waals surface area contributed by atoms with Gasteiger partial charge in [0.05, 0.1) is 6.20 Å². The summed E-state index contributed by atoms with van der Waals surface area (Å²) in [5, 5.41) is 3.69. The van der Waals surface area contributed by atoms with Crippen LogP contribution in [0.25, 0.3) is 0 Å². The molecule has 0 amide bonds. The number of alkyl halides is 2. The summed E-state index contributed by atoms with van der Waals surface area (Å²) in [5.41, 5.74) is 6.00. The first-order valence-corrected chi connectivity index (χ1v) is 8.38. The van der Waals surface area contributed by atoms with E-state index in [1.165, 1.54) is 4.31 Å². The second-order valence-electron chi connectivity index (χ2n) is 5.78. The lowest BCUT2D eigenvalue weighted by atomic mass is 9.98. The molecule has 2 heterocycles. The van der Waals surface area contributed by atoms with Crippen molar-refractivity contribution < 1.29 is 17.2 Å². The molecule has 0 bridgehead atoms. The molecule has 3 atom stereocenters. The second-order valence-corrected chi connectivity index (χ2v) is 7.71. The molecular weight excluding hydrogens is 302 g/mol. The monoisotopic (exact) mass is 320 g/mol. The van der Waals surface area contributed by atoms with E-state index in [4.69, 9.17) is 5.73 Å². The number of sulfonamides is 1. The number of hydrogen-bond donors (Lipinski definition) is 1. The average molecular weight is 320 g/mol. The molecule has 1 saturated carbocycles. The highest BCUT2D eigenvalue weighted by Crippen LogP contribution is 2.39. The lowest BCUT2D eigenvalue weighted by Gasteiger charge is -2.17. The molecule has 2 N–H and O–H groups in total. The maximum Gasteiger partial charge on any atom is 0.257 e. The van der Waals surface area contributed by atoms with Crippen LogP contribution in [0.15, 0.2) is 17.3 Å². The zero-order chi connectivity index (χ0) is 15.2. The fourth-order valence-corrected chi connectivity index (χ4v) is 4.82. The fraction of sp³-hybridized carbons (Fsp3) is 0.750. The highest BCUT2D eigenvalue weighted by Gasteiger charge is 2.45. The van der Waals surface area contributed by atoms with Gasteiger partial charge in [-0.05, 0) is 24.7 Å². The molecule has 0 radical (unpaired) electrons. The first kappa shape index (κ1) is 14.9. The molecule has 9 heteroatoms. The third-order valence-electron chi connectivity index (χ3n) is 4.45. The maximum atomic E-state index is 12.5. The van der Waals surface area contributed by atoms with Gasteiger partial charge in [0.25, 0.3) is 6.43 Å². The molecule has 0 aromatic carbocycles. The normalized spacial score (nSPS) is 30.2. The zero-order valence-electron chi connectivity index (χ0n) is 11.4. The van der Waals surface area contributed by atoms with E-state index in [2.05, 4.69) is 5.10 Å². The Labute approximate surface area is 122 Å². The van der Waals surface area contributed by atoms with Crippen LogP contribution < -0.4 is 5.73 Å². The van der Waals surface area contributed by atoms with Crippen LogP contribution in [0.1, 0.15) is 12.8 Å². The van der Waals surface area contributed by atoms with Crippen LogP contribution in [0.4, 0.5) is 8.78 Å². The Kier molecular flexibility index (Phi) is 3.74. The third-order valence-corrected chi connectivity index (χ3v) is 6.24. The topological polar surface area (TPSA) is 81.2 Å². The standard InChI is InChI=1S/C12H18F2N4O2S/c13-12(14)7-17-5-9(3-16-17)21(19,20)18-4-8-1-2-11(15)10(8)6-18/h3,5,8,10-12H,1-2,4,6-7,15H2. The molecule has 2 aliphatic rings. The van der Waals surface area contributed by atoms with E-state index in [-0.39, 0.29) is 16.9 Å². The van der Waals surface area contributed by atoms with Gasteiger partial charge < -0.3 is 5.73 Å². The predicted octanol–water partition coefficient (Wildman–Crippen LogP) is 0.506. The van der Waals surface area contributed by atoms with Gasteiger partial charge in [0.2, 0.25) is 10.0 Å². The minimum atomic E-state index is -3.67. The molecule has 1 aromatic rings. The third kappa shape index (κ3) is 2.69.